The van der Waals surface area contributed by atoms with Gasteiger partial charge < -0.3 is 15.4 Å². The summed E-state index contributed by atoms with van der Waals surface area (Å²) in [6.07, 6.45) is 0. The molecule has 0 bridgehead atoms. The highest BCUT2D eigenvalue weighted by atomic mass is 19.1. The van der Waals surface area contributed by atoms with Crippen molar-refractivity contribution in [1.82, 2.24) is 10.6 Å². The van der Waals surface area contributed by atoms with Crippen LogP contribution in [-0.2, 0) is 9.53 Å². The van der Waals surface area contributed by atoms with Crippen molar-refractivity contribution in [3.05, 3.63) is 41.2 Å². The molecule has 1 aromatic rings. The molecule has 6 heteroatoms. The molecule has 1 aliphatic rings. The summed E-state index contributed by atoms with van der Waals surface area (Å²) in [6, 6.07) is 4.64. The van der Waals surface area contributed by atoms with Crippen LogP contribution in [0.4, 0.5) is 9.18 Å². The van der Waals surface area contributed by atoms with Crippen LogP contribution in [0.15, 0.2) is 29.8 Å². The molecule has 1 heterocycles. The van der Waals surface area contributed by atoms with Gasteiger partial charge in [-0.1, -0.05) is 0 Å². The van der Waals surface area contributed by atoms with Crippen LogP contribution in [0.1, 0.15) is 19.4 Å². The predicted octanol–water partition coefficient (Wildman–Crippen LogP) is 1.80. The Labute approximate surface area is 115 Å². The Morgan fingerprint density at radius 2 is 2.00 bits per heavy atom. The van der Waals surface area contributed by atoms with E-state index in [2.05, 4.69) is 10.6 Å². The standard InChI is InChI=1S/C14H15FN2O3/c1-3-20-13(18)11-8(2)16-14(19)17-12(11)9-4-6-10(15)7-5-9/h4-8H,3H2,1-2H3,(H2,16,17,19). The highest BCUT2D eigenvalue weighted by molar-refractivity contribution is 6.04. The van der Waals surface area contributed by atoms with E-state index in [0.29, 0.717) is 16.8 Å². The molecule has 1 unspecified atom stereocenters. The number of nitrogens with one attached hydrogen (secondary N) is 2. The number of esters is 1. The number of urea groups is 1. The van der Waals surface area contributed by atoms with Gasteiger partial charge in [0.05, 0.1) is 23.9 Å². The summed E-state index contributed by atoms with van der Waals surface area (Å²) in [5.74, 6) is -0.896. The maximum Gasteiger partial charge on any atom is 0.338 e. The van der Waals surface area contributed by atoms with E-state index >= 15 is 0 Å². The van der Waals surface area contributed by atoms with Crippen LogP contribution < -0.4 is 10.6 Å². The van der Waals surface area contributed by atoms with Gasteiger partial charge in [-0.15, -0.1) is 0 Å². The molecule has 2 N–H and O–H groups in total. The average Bonchev–Trinajstić information content (AvgIpc) is 2.38. The van der Waals surface area contributed by atoms with Gasteiger partial charge in [0, 0.05) is 0 Å². The second kappa shape index (κ2) is 5.73. The zero-order valence-corrected chi connectivity index (χ0v) is 11.2. The number of benzene rings is 1. The van der Waals surface area contributed by atoms with E-state index in [1.807, 2.05) is 0 Å². The topological polar surface area (TPSA) is 67.4 Å². The van der Waals surface area contributed by atoms with Crippen molar-refractivity contribution in [2.24, 2.45) is 0 Å². The summed E-state index contributed by atoms with van der Waals surface area (Å²) in [5, 5.41) is 5.18. The molecule has 5 nitrogen and oxygen atoms in total. The first-order valence-electron chi connectivity index (χ1n) is 6.27. The normalized spacial score (nSPS) is 18.4. The molecule has 1 aromatic carbocycles. The lowest BCUT2D eigenvalue weighted by atomic mass is 9.99. The van der Waals surface area contributed by atoms with Crippen molar-refractivity contribution >= 4 is 17.7 Å². The molecule has 0 saturated heterocycles. The first-order valence-corrected chi connectivity index (χ1v) is 6.27. The molecular formula is C14H15FN2O3. The lowest BCUT2D eigenvalue weighted by Gasteiger charge is -2.26. The molecule has 0 aromatic heterocycles. The van der Waals surface area contributed by atoms with E-state index in [1.165, 1.54) is 24.3 Å². The van der Waals surface area contributed by atoms with Crippen LogP contribution in [-0.4, -0.2) is 24.6 Å². The zero-order chi connectivity index (χ0) is 14.7. The number of halogens is 1. The molecule has 106 valence electrons. The number of carbonyl (C=O) groups is 2. The van der Waals surface area contributed by atoms with Crippen molar-refractivity contribution in [3.63, 3.8) is 0 Å². The Hall–Kier alpha value is -2.37. The van der Waals surface area contributed by atoms with E-state index in [4.69, 9.17) is 4.74 Å². The van der Waals surface area contributed by atoms with E-state index < -0.39 is 18.0 Å². The highest BCUT2D eigenvalue weighted by Crippen LogP contribution is 2.23. The summed E-state index contributed by atoms with van der Waals surface area (Å²) in [4.78, 5) is 23.6. The van der Waals surface area contributed by atoms with E-state index in [9.17, 15) is 14.0 Å². The maximum absolute atomic E-state index is 13.0. The van der Waals surface area contributed by atoms with E-state index in [0.717, 1.165) is 0 Å². The van der Waals surface area contributed by atoms with Crippen LogP contribution in [0.25, 0.3) is 5.70 Å². The first-order chi connectivity index (χ1) is 9.52. The lowest BCUT2D eigenvalue weighted by Crippen LogP contribution is -2.48. The number of amides is 2. The molecule has 0 fully saturated rings. The fourth-order valence-corrected chi connectivity index (χ4v) is 2.03. The summed E-state index contributed by atoms with van der Waals surface area (Å²) in [5.41, 5.74) is 1.22. The number of ether oxygens (including phenoxy) is 1. The Bertz CT molecular complexity index is 566. The largest absolute Gasteiger partial charge is 0.463 e. The number of carbonyl (C=O) groups excluding carboxylic acids is 2. The Balaban J connectivity index is 2.50. The van der Waals surface area contributed by atoms with Crippen molar-refractivity contribution in [2.45, 2.75) is 19.9 Å². The smallest absolute Gasteiger partial charge is 0.338 e. The molecule has 0 aliphatic carbocycles. The van der Waals surface area contributed by atoms with Gasteiger partial charge in [-0.3, -0.25) is 0 Å². The molecule has 0 saturated carbocycles. The summed E-state index contributed by atoms with van der Waals surface area (Å²) < 4.78 is 18.0. The van der Waals surface area contributed by atoms with Gasteiger partial charge in [0.1, 0.15) is 5.82 Å². The fraction of sp³-hybridized carbons (Fsp3) is 0.286. The Morgan fingerprint density at radius 3 is 2.60 bits per heavy atom. The highest BCUT2D eigenvalue weighted by Gasteiger charge is 2.30. The second-order valence-electron chi connectivity index (χ2n) is 4.34. The molecule has 2 amide bonds. The Kier molecular flexibility index (Phi) is 4.02. The van der Waals surface area contributed by atoms with Crippen molar-refractivity contribution in [3.8, 4) is 0 Å². The third-order valence-electron chi connectivity index (χ3n) is 2.92. The minimum Gasteiger partial charge on any atom is -0.463 e. The van der Waals surface area contributed by atoms with Crippen LogP contribution in [0.2, 0.25) is 0 Å². The summed E-state index contributed by atoms with van der Waals surface area (Å²) in [6.45, 7) is 3.63. The van der Waals surface area contributed by atoms with Crippen LogP contribution in [0, 0.1) is 5.82 Å². The van der Waals surface area contributed by atoms with Gasteiger partial charge in [0.2, 0.25) is 0 Å². The van der Waals surface area contributed by atoms with Gasteiger partial charge in [0.15, 0.2) is 0 Å². The van der Waals surface area contributed by atoms with Gasteiger partial charge in [-0.25, -0.2) is 14.0 Å². The monoisotopic (exact) mass is 278 g/mol. The third-order valence-corrected chi connectivity index (χ3v) is 2.92. The van der Waals surface area contributed by atoms with Crippen LogP contribution in [0.5, 0.6) is 0 Å². The van der Waals surface area contributed by atoms with Gasteiger partial charge in [-0.05, 0) is 43.7 Å². The van der Waals surface area contributed by atoms with Gasteiger partial charge in [-0.2, -0.15) is 0 Å². The number of hydrogen-bond donors (Lipinski definition) is 2. The number of rotatable bonds is 3. The molecule has 1 atom stereocenters. The summed E-state index contributed by atoms with van der Waals surface area (Å²) >= 11 is 0. The van der Waals surface area contributed by atoms with Crippen molar-refractivity contribution in [1.29, 1.82) is 0 Å². The minimum absolute atomic E-state index is 0.236. The molecule has 1 aliphatic heterocycles. The summed E-state index contributed by atoms with van der Waals surface area (Å²) in [7, 11) is 0. The van der Waals surface area contributed by atoms with Crippen molar-refractivity contribution < 1.29 is 18.7 Å². The molecule has 2 rings (SSSR count). The first kappa shape index (κ1) is 14.0. The van der Waals surface area contributed by atoms with Gasteiger partial charge in [0.25, 0.3) is 0 Å². The van der Waals surface area contributed by atoms with E-state index in [-0.39, 0.29) is 12.4 Å². The van der Waals surface area contributed by atoms with Gasteiger partial charge >= 0.3 is 12.0 Å². The lowest BCUT2D eigenvalue weighted by molar-refractivity contribution is -0.138. The fourth-order valence-electron chi connectivity index (χ4n) is 2.03. The second-order valence-corrected chi connectivity index (χ2v) is 4.34. The van der Waals surface area contributed by atoms with Crippen LogP contribution in [0.3, 0.4) is 0 Å². The maximum atomic E-state index is 13.0. The zero-order valence-electron chi connectivity index (χ0n) is 11.2. The van der Waals surface area contributed by atoms with Crippen LogP contribution >= 0.6 is 0 Å². The quantitative estimate of drug-likeness (QED) is 0.828. The predicted molar refractivity (Wildman–Crippen MR) is 71.1 cm³/mol. The molecule has 0 radical (unpaired) electrons. The average molecular weight is 278 g/mol. The molecule has 0 spiro atoms. The molecular weight excluding hydrogens is 263 g/mol. The third kappa shape index (κ3) is 2.79. The van der Waals surface area contributed by atoms with E-state index in [1.54, 1.807) is 13.8 Å². The SMILES string of the molecule is CCOC(=O)C1=C(c2ccc(F)cc2)NC(=O)NC1C. The van der Waals surface area contributed by atoms with Crippen molar-refractivity contribution in [2.75, 3.05) is 6.61 Å². The molecule has 20 heavy (non-hydrogen) atoms. The Morgan fingerprint density at radius 1 is 1.35 bits per heavy atom. The number of hydrogen-bond acceptors (Lipinski definition) is 3. The minimum atomic E-state index is -0.508.